The molecule has 0 aromatic carbocycles. The van der Waals surface area contributed by atoms with Crippen LogP contribution in [0.2, 0.25) is 0 Å². The van der Waals surface area contributed by atoms with E-state index in [4.69, 9.17) is 11.0 Å². The normalized spacial score (nSPS) is 12.5. The van der Waals surface area contributed by atoms with Crippen LogP contribution in [0.1, 0.15) is 10.9 Å². The Balaban J connectivity index is 3.07. The molecule has 58 valence electrons. The largest absolute Gasteiger partial charge is 0.311 e. The van der Waals surface area contributed by atoms with Crippen molar-refractivity contribution in [2.24, 2.45) is 5.73 Å². The van der Waals surface area contributed by atoms with Crippen LogP contribution in [0.15, 0.2) is 14.3 Å². The number of hydrogen-bond donors (Lipinski definition) is 1. The van der Waals surface area contributed by atoms with Crippen molar-refractivity contribution in [3.63, 3.8) is 0 Å². The molecule has 0 fully saturated rings. The van der Waals surface area contributed by atoms with E-state index in [1.165, 1.54) is 11.3 Å². The average molecular weight is 296 g/mol. The Morgan fingerprint density at radius 1 is 1.64 bits per heavy atom. The molecule has 1 rings (SSSR count). The van der Waals surface area contributed by atoms with Gasteiger partial charge in [0.2, 0.25) is 0 Å². The minimum atomic E-state index is -0.527. The van der Waals surface area contributed by atoms with Crippen LogP contribution in [0.5, 0.6) is 0 Å². The summed E-state index contributed by atoms with van der Waals surface area (Å²) in [5.74, 6) is 0. The molecule has 0 aliphatic rings. The first-order valence-corrected chi connectivity index (χ1v) is 5.21. The van der Waals surface area contributed by atoms with Gasteiger partial charge in [-0.3, -0.25) is 0 Å². The molecule has 2 N–H and O–H groups in total. The lowest BCUT2D eigenvalue weighted by atomic mass is 10.3. The van der Waals surface area contributed by atoms with Crippen LogP contribution < -0.4 is 5.73 Å². The van der Waals surface area contributed by atoms with Gasteiger partial charge in [0.25, 0.3) is 0 Å². The molecule has 5 heteroatoms. The van der Waals surface area contributed by atoms with Crippen LogP contribution in [-0.2, 0) is 0 Å². The van der Waals surface area contributed by atoms with E-state index in [1.807, 2.05) is 11.4 Å². The number of nitriles is 1. The summed E-state index contributed by atoms with van der Waals surface area (Å²) in [6.45, 7) is 0. The molecule has 1 heterocycles. The molecule has 0 radical (unpaired) electrons. The van der Waals surface area contributed by atoms with Gasteiger partial charge in [-0.1, -0.05) is 0 Å². The van der Waals surface area contributed by atoms with Gasteiger partial charge in [-0.25, -0.2) is 0 Å². The molecular weight excluding hydrogens is 292 g/mol. The van der Waals surface area contributed by atoms with E-state index in [2.05, 4.69) is 31.9 Å². The van der Waals surface area contributed by atoms with Crippen molar-refractivity contribution in [3.8, 4) is 6.07 Å². The first-order chi connectivity index (χ1) is 5.16. The predicted molar refractivity (Wildman–Crippen MR) is 52.3 cm³/mol. The smallest absolute Gasteiger partial charge is 0.129 e. The molecule has 2 nitrogen and oxygen atoms in total. The fourth-order valence-corrected chi connectivity index (χ4v) is 2.78. The van der Waals surface area contributed by atoms with Gasteiger partial charge < -0.3 is 5.73 Å². The van der Waals surface area contributed by atoms with E-state index >= 15 is 0 Å². The number of thiophene rings is 1. The van der Waals surface area contributed by atoms with Crippen LogP contribution in [0.25, 0.3) is 0 Å². The Morgan fingerprint density at radius 3 is 2.64 bits per heavy atom. The summed E-state index contributed by atoms with van der Waals surface area (Å²) in [5, 5.41) is 10.4. The fourth-order valence-electron chi connectivity index (χ4n) is 0.605. The lowest BCUT2D eigenvalue weighted by Crippen LogP contribution is -2.05. The van der Waals surface area contributed by atoms with E-state index in [0.717, 1.165) is 13.8 Å². The lowest BCUT2D eigenvalue weighted by molar-refractivity contribution is 0.945. The average Bonchev–Trinajstić information content (AvgIpc) is 2.32. The van der Waals surface area contributed by atoms with Crippen molar-refractivity contribution in [1.82, 2.24) is 0 Å². The number of hydrogen-bond acceptors (Lipinski definition) is 3. The Bertz CT molecular complexity index is 302. The molecule has 1 atom stereocenters. The van der Waals surface area contributed by atoms with Gasteiger partial charge in [0, 0.05) is 14.3 Å². The number of rotatable bonds is 1. The zero-order valence-corrected chi connectivity index (χ0v) is 9.33. The standard InChI is InChI=1S/C6H4Br2N2S/c7-3-2-11-6(5(3)8)4(10)1-9/h2,4H,10H2. The summed E-state index contributed by atoms with van der Waals surface area (Å²) in [7, 11) is 0. The Kier molecular flexibility index (Phi) is 3.07. The molecule has 1 aromatic rings. The van der Waals surface area contributed by atoms with Crippen molar-refractivity contribution in [2.75, 3.05) is 0 Å². The maximum Gasteiger partial charge on any atom is 0.129 e. The van der Waals surface area contributed by atoms with Gasteiger partial charge in [0.05, 0.1) is 10.9 Å². The summed E-state index contributed by atoms with van der Waals surface area (Å²) >= 11 is 8.10. The summed E-state index contributed by atoms with van der Waals surface area (Å²) < 4.78 is 1.83. The number of halogens is 2. The monoisotopic (exact) mass is 294 g/mol. The summed E-state index contributed by atoms with van der Waals surface area (Å²) in [6, 6.07) is 1.45. The highest BCUT2D eigenvalue weighted by Gasteiger charge is 2.12. The predicted octanol–water partition coefficient (Wildman–Crippen LogP) is 2.80. The van der Waals surface area contributed by atoms with Crippen LogP contribution >= 0.6 is 43.2 Å². The first kappa shape index (κ1) is 9.20. The maximum absolute atomic E-state index is 8.52. The maximum atomic E-state index is 8.52. The van der Waals surface area contributed by atoms with Crippen LogP contribution in [0.4, 0.5) is 0 Å². The second-order valence-corrected chi connectivity index (χ2v) is 4.43. The highest BCUT2D eigenvalue weighted by molar-refractivity contribution is 9.13. The van der Waals surface area contributed by atoms with E-state index in [-0.39, 0.29) is 0 Å². The molecule has 0 spiro atoms. The second-order valence-electron chi connectivity index (χ2n) is 1.87. The zero-order valence-electron chi connectivity index (χ0n) is 5.34. The van der Waals surface area contributed by atoms with Crippen LogP contribution in [0, 0.1) is 11.3 Å². The molecule has 0 saturated heterocycles. The molecule has 1 aromatic heterocycles. The van der Waals surface area contributed by atoms with Crippen molar-refractivity contribution < 1.29 is 0 Å². The molecule has 1 unspecified atom stereocenters. The van der Waals surface area contributed by atoms with Crippen molar-refractivity contribution in [1.29, 1.82) is 5.26 Å². The van der Waals surface area contributed by atoms with E-state index in [0.29, 0.717) is 0 Å². The lowest BCUT2D eigenvalue weighted by Gasteiger charge is -1.97. The van der Waals surface area contributed by atoms with Crippen molar-refractivity contribution in [2.45, 2.75) is 6.04 Å². The highest BCUT2D eigenvalue weighted by atomic mass is 79.9. The highest BCUT2D eigenvalue weighted by Crippen LogP contribution is 2.35. The van der Waals surface area contributed by atoms with Gasteiger partial charge in [-0.05, 0) is 31.9 Å². The summed E-state index contributed by atoms with van der Waals surface area (Å²) in [6.07, 6.45) is 0. The Morgan fingerprint density at radius 2 is 2.27 bits per heavy atom. The molecule has 0 aliphatic carbocycles. The van der Waals surface area contributed by atoms with Crippen LogP contribution in [-0.4, -0.2) is 0 Å². The summed E-state index contributed by atoms with van der Waals surface area (Å²) in [4.78, 5) is 0.861. The van der Waals surface area contributed by atoms with Crippen LogP contribution in [0.3, 0.4) is 0 Å². The molecule has 0 bridgehead atoms. The molecule has 0 aliphatic heterocycles. The molecule has 11 heavy (non-hydrogen) atoms. The van der Waals surface area contributed by atoms with Crippen molar-refractivity contribution >= 4 is 43.2 Å². The summed E-state index contributed by atoms with van der Waals surface area (Å²) in [5.41, 5.74) is 5.51. The second kappa shape index (κ2) is 3.68. The third-order valence-corrected chi connectivity index (χ3v) is 4.78. The first-order valence-electron chi connectivity index (χ1n) is 2.74. The topological polar surface area (TPSA) is 49.8 Å². The third kappa shape index (κ3) is 1.82. The molecule has 0 saturated carbocycles. The quantitative estimate of drug-likeness (QED) is 0.866. The SMILES string of the molecule is N#CC(N)c1scc(Br)c1Br. The van der Waals surface area contributed by atoms with Gasteiger partial charge in [-0.15, -0.1) is 11.3 Å². The van der Waals surface area contributed by atoms with Crippen molar-refractivity contribution in [3.05, 3.63) is 19.2 Å². The fraction of sp³-hybridized carbons (Fsp3) is 0.167. The Hall–Kier alpha value is 0.110. The van der Waals surface area contributed by atoms with Gasteiger partial charge in [0.1, 0.15) is 6.04 Å². The van der Waals surface area contributed by atoms with Gasteiger partial charge >= 0.3 is 0 Å². The van der Waals surface area contributed by atoms with Gasteiger partial charge in [-0.2, -0.15) is 5.26 Å². The minimum Gasteiger partial charge on any atom is -0.311 e. The number of nitrogens with two attached hydrogens (primary N) is 1. The van der Waals surface area contributed by atoms with Gasteiger partial charge in [0.15, 0.2) is 0 Å². The van der Waals surface area contributed by atoms with E-state index in [1.54, 1.807) is 0 Å². The third-order valence-electron chi connectivity index (χ3n) is 1.14. The molecule has 0 amide bonds. The van der Waals surface area contributed by atoms with E-state index in [9.17, 15) is 0 Å². The van der Waals surface area contributed by atoms with E-state index < -0.39 is 6.04 Å². The number of nitrogens with zero attached hydrogens (tertiary/aromatic N) is 1. The Labute approximate surface area is 85.3 Å². The molecular formula is C6H4Br2N2S. The minimum absolute atomic E-state index is 0.527. The zero-order chi connectivity index (χ0) is 8.43.